The lowest BCUT2D eigenvalue weighted by atomic mass is 10.2. The van der Waals surface area contributed by atoms with Gasteiger partial charge in [0.1, 0.15) is 0 Å². The molecule has 1 aromatic carbocycles. The van der Waals surface area contributed by atoms with Crippen molar-refractivity contribution in [2.45, 2.75) is 13.3 Å². The van der Waals surface area contributed by atoms with E-state index in [1.165, 1.54) is 13.2 Å². The topological polar surface area (TPSA) is 46.6 Å². The van der Waals surface area contributed by atoms with Gasteiger partial charge in [0.25, 0.3) is 0 Å². The van der Waals surface area contributed by atoms with E-state index in [0.717, 1.165) is 5.56 Å². The van der Waals surface area contributed by atoms with Crippen LogP contribution >= 0.6 is 11.6 Å². The summed E-state index contributed by atoms with van der Waals surface area (Å²) in [6.07, 6.45) is 3.38. The van der Waals surface area contributed by atoms with Crippen LogP contribution in [0.1, 0.15) is 18.9 Å². The molecule has 0 saturated heterocycles. The Morgan fingerprint density at radius 1 is 1.40 bits per heavy atom. The van der Waals surface area contributed by atoms with Crippen molar-refractivity contribution < 1.29 is 14.3 Å². The van der Waals surface area contributed by atoms with Crippen molar-refractivity contribution in [3.8, 4) is 0 Å². The predicted molar refractivity (Wildman–Crippen MR) is 79.4 cm³/mol. The summed E-state index contributed by atoms with van der Waals surface area (Å²) in [7, 11) is 1.33. The zero-order chi connectivity index (χ0) is 15.0. The molecule has 1 rings (SSSR count). The van der Waals surface area contributed by atoms with Gasteiger partial charge in [-0.05, 0) is 30.7 Å². The second-order valence-corrected chi connectivity index (χ2v) is 4.57. The molecule has 0 unspecified atom stereocenters. The molecule has 108 valence electrons. The van der Waals surface area contributed by atoms with E-state index < -0.39 is 0 Å². The van der Waals surface area contributed by atoms with Gasteiger partial charge in [0.05, 0.1) is 13.5 Å². The molecule has 5 heteroatoms. The molecule has 0 heterocycles. The molecule has 1 amide bonds. The third-order valence-corrected chi connectivity index (χ3v) is 3.01. The number of hydrogen-bond acceptors (Lipinski definition) is 3. The minimum Gasteiger partial charge on any atom is -0.469 e. The Morgan fingerprint density at radius 2 is 2.15 bits per heavy atom. The monoisotopic (exact) mass is 295 g/mol. The van der Waals surface area contributed by atoms with Crippen LogP contribution in [0.3, 0.4) is 0 Å². The van der Waals surface area contributed by atoms with E-state index in [2.05, 4.69) is 4.74 Å². The van der Waals surface area contributed by atoms with Gasteiger partial charge in [-0.3, -0.25) is 9.59 Å². The number of carbonyl (C=O) groups excluding carboxylic acids is 2. The van der Waals surface area contributed by atoms with Gasteiger partial charge in [-0.15, -0.1) is 0 Å². The molecule has 0 aliphatic rings. The van der Waals surface area contributed by atoms with Crippen LogP contribution in [0.15, 0.2) is 30.3 Å². The highest BCUT2D eigenvalue weighted by molar-refractivity contribution is 6.30. The molecule has 4 nitrogen and oxygen atoms in total. The van der Waals surface area contributed by atoms with Crippen molar-refractivity contribution in [1.82, 2.24) is 4.90 Å². The van der Waals surface area contributed by atoms with Gasteiger partial charge < -0.3 is 9.64 Å². The number of esters is 1. The molecule has 1 aromatic rings. The fraction of sp³-hybridized carbons (Fsp3) is 0.333. The molecular weight excluding hydrogens is 278 g/mol. The van der Waals surface area contributed by atoms with Crippen LogP contribution < -0.4 is 0 Å². The van der Waals surface area contributed by atoms with Gasteiger partial charge in [0.15, 0.2) is 0 Å². The second-order valence-electron chi connectivity index (χ2n) is 4.13. The van der Waals surface area contributed by atoms with E-state index >= 15 is 0 Å². The zero-order valence-corrected chi connectivity index (χ0v) is 12.4. The Balaban J connectivity index is 2.60. The summed E-state index contributed by atoms with van der Waals surface area (Å²) in [5, 5.41) is 0.623. The van der Waals surface area contributed by atoms with Gasteiger partial charge >= 0.3 is 5.97 Å². The molecule has 0 aliphatic carbocycles. The summed E-state index contributed by atoms with van der Waals surface area (Å²) in [5.41, 5.74) is 0.856. The van der Waals surface area contributed by atoms with Crippen LogP contribution in [-0.2, 0) is 14.3 Å². The van der Waals surface area contributed by atoms with Gasteiger partial charge in [0.2, 0.25) is 5.91 Å². The lowest BCUT2D eigenvalue weighted by Gasteiger charge is -2.18. The molecule has 0 atom stereocenters. The number of hydrogen-bond donors (Lipinski definition) is 0. The van der Waals surface area contributed by atoms with Crippen LogP contribution in [-0.4, -0.2) is 37.0 Å². The summed E-state index contributed by atoms with van der Waals surface area (Å²) in [6, 6.07) is 7.23. The zero-order valence-electron chi connectivity index (χ0n) is 11.6. The van der Waals surface area contributed by atoms with Crippen LogP contribution in [0.25, 0.3) is 6.08 Å². The van der Waals surface area contributed by atoms with Gasteiger partial charge in [-0.2, -0.15) is 0 Å². The largest absolute Gasteiger partial charge is 0.469 e. The van der Waals surface area contributed by atoms with Crippen molar-refractivity contribution in [3.63, 3.8) is 0 Å². The number of nitrogens with zero attached hydrogens (tertiary/aromatic N) is 1. The Bertz CT molecular complexity index is 500. The smallest absolute Gasteiger partial charge is 0.307 e. The minimum absolute atomic E-state index is 0.142. The van der Waals surface area contributed by atoms with Gasteiger partial charge in [-0.1, -0.05) is 23.7 Å². The van der Waals surface area contributed by atoms with E-state index in [1.807, 2.05) is 19.1 Å². The molecule has 0 aliphatic heterocycles. The molecule has 0 bridgehead atoms. The molecule has 0 radical (unpaired) electrons. The minimum atomic E-state index is -0.324. The lowest BCUT2D eigenvalue weighted by Crippen LogP contribution is -2.31. The molecule has 0 N–H and O–H groups in total. The van der Waals surface area contributed by atoms with Crippen LogP contribution in [0.5, 0.6) is 0 Å². The summed E-state index contributed by atoms with van der Waals surface area (Å²) < 4.78 is 4.56. The van der Waals surface area contributed by atoms with Crippen LogP contribution in [0.4, 0.5) is 0 Å². The summed E-state index contributed by atoms with van der Waals surface area (Å²) in [6.45, 7) is 2.75. The fourth-order valence-corrected chi connectivity index (χ4v) is 1.83. The van der Waals surface area contributed by atoms with E-state index in [1.54, 1.807) is 23.1 Å². The second kappa shape index (κ2) is 8.38. The van der Waals surface area contributed by atoms with Crippen molar-refractivity contribution in [2.24, 2.45) is 0 Å². The van der Waals surface area contributed by atoms with E-state index in [4.69, 9.17) is 11.6 Å². The number of benzene rings is 1. The first-order valence-corrected chi connectivity index (χ1v) is 6.74. The van der Waals surface area contributed by atoms with Crippen molar-refractivity contribution >= 4 is 29.6 Å². The number of rotatable bonds is 6. The highest BCUT2D eigenvalue weighted by Crippen LogP contribution is 2.12. The molecule has 20 heavy (non-hydrogen) atoms. The molecule has 0 saturated carbocycles. The number of methoxy groups -OCH3 is 1. The van der Waals surface area contributed by atoms with E-state index in [0.29, 0.717) is 18.1 Å². The predicted octanol–water partition coefficient (Wildman–Crippen LogP) is 2.76. The van der Waals surface area contributed by atoms with Crippen molar-refractivity contribution in [1.29, 1.82) is 0 Å². The van der Waals surface area contributed by atoms with Crippen molar-refractivity contribution in [2.75, 3.05) is 20.2 Å². The maximum Gasteiger partial charge on any atom is 0.307 e. The number of ether oxygens (including phenoxy) is 1. The first kappa shape index (κ1) is 16.2. The van der Waals surface area contributed by atoms with E-state index in [9.17, 15) is 9.59 Å². The molecule has 0 fully saturated rings. The first-order valence-electron chi connectivity index (χ1n) is 6.36. The Labute approximate surface area is 124 Å². The fourth-order valence-electron chi connectivity index (χ4n) is 1.64. The summed E-state index contributed by atoms with van der Waals surface area (Å²) in [5.74, 6) is -0.466. The van der Waals surface area contributed by atoms with Crippen LogP contribution in [0, 0.1) is 0 Å². The summed E-state index contributed by atoms with van der Waals surface area (Å²) in [4.78, 5) is 24.6. The number of carbonyl (C=O) groups is 2. The highest BCUT2D eigenvalue weighted by Gasteiger charge is 2.10. The highest BCUT2D eigenvalue weighted by atomic mass is 35.5. The van der Waals surface area contributed by atoms with Crippen molar-refractivity contribution in [3.05, 3.63) is 40.9 Å². The SMILES string of the molecule is CCN(CCC(=O)OC)C(=O)/C=C/c1cccc(Cl)c1. The number of halogens is 1. The Hall–Kier alpha value is -1.81. The standard InChI is InChI=1S/C15H18ClNO3/c1-3-17(10-9-15(19)20-2)14(18)8-7-12-5-4-6-13(16)11-12/h4-8,11H,3,9-10H2,1-2H3/b8-7+. The lowest BCUT2D eigenvalue weighted by molar-refractivity contribution is -0.141. The van der Waals surface area contributed by atoms with Gasteiger partial charge in [0, 0.05) is 24.2 Å². The number of likely N-dealkylation sites (N-methyl/N-ethyl adjacent to an activating group) is 1. The molecule has 0 aromatic heterocycles. The van der Waals surface area contributed by atoms with Gasteiger partial charge in [-0.25, -0.2) is 0 Å². The Morgan fingerprint density at radius 3 is 2.75 bits per heavy atom. The normalized spacial score (nSPS) is 10.6. The third-order valence-electron chi connectivity index (χ3n) is 2.77. The summed E-state index contributed by atoms with van der Waals surface area (Å²) >= 11 is 5.87. The number of amides is 1. The first-order chi connectivity index (χ1) is 9.56. The Kier molecular flexibility index (Phi) is 6.81. The average Bonchev–Trinajstić information content (AvgIpc) is 2.45. The third kappa shape index (κ3) is 5.45. The maximum atomic E-state index is 12.0. The molecule has 0 spiro atoms. The average molecular weight is 296 g/mol. The van der Waals surface area contributed by atoms with Crippen LogP contribution in [0.2, 0.25) is 5.02 Å². The maximum absolute atomic E-state index is 12.0. The molecular formula is C15H18ClNO3. The van der Waals surface area contributed by atoms with E-state index in [-0.39, 0.29) is 18.3 Å². The quantitative estimate of drug-likeness (QED) is 0.599.